The molecule has 0 bridgehead atoms. The van der Waals surface area contributed by atoms with Crippen molar-refractivity contribution < 1.29 is 4.74 Å². The lowest BCUT2D eigenvalue weighted by Crippen LogP contribution is -2.24. The Balaban J connectivity index is 2.01. The minimum absolute atomic E-state index is 0.308. The van der Waals surface area contributed by atoms with E-state index in [-0.39, 0.29) is 0 Å². The summed E-state index contributed by atoms with van der Waals surface area (Å²) in [5.41, 5.74) is 1.41. The summed E-state index contributed by atoms with van der Waals surface area (Å²) in [4.78, 5) is 1.44. The first-order valence-electron chi connectivity index (χ1n) is 6.92. The molecule has 1 aromatic heterocycles. The molecule has 19 heavy (non-hydrogen) atoms. The number of thiophene rings is 1. The molecule has 104 valence electrons. The molecule has 2 aromatic rings. The summed E-state index contributed by atoms with van der Waals surface area (Å²) in [6, 6.07) is 9.01. The van der Waals surface area contributed by atoms with Gasteiger partial charge in [-0.05, 0) is 44.7 Å². The van der Waals surface area contributed by atoms with Crippen LogP contribution in [0.2, 0.25) is 0 Å². The second kappa shape index (κ2) is 6.51. The summed E-state index contributed by atoms with van der Waals surface area (Å²) >= 11 is 1.89. The molecule has 0 aliphatic heterocycles. The predicted molar refractivity (Wildman–Crippen MR) is 84.1 cm³/mol. The van der Waals surface area contributed by atoms with E-state index in [2.05, 4.69) is 57.3 Å². The van der Waals surface area contributed by atoms with Gasteiger partial charge in [-0.25, -0.2) is 0 Å². The highest BCUT2D eigenvalue weighted by Crippen LogP contribution is 2.34. The first-order valence-corrected chi connectivity index (χ1v) is 7.74. The van der Waals surface area contributed by atoms with Gasteiger partial charge >= 0.3 is 0 Å². The van der Waals surface area contributed by atoms with Crippen molar-refractivity contribution in [3.05, 3.63) is 34.7 Å². The molecule has 0 saturated heterocycles. The Labute approximate surface area is 119 Å². The molecule has 0 fully saturated rings. The van der Waals surface area contributed by atoms with Crippen LogP contribution in [0.25, 0.3) is 10.1 Å². The van der Waals surface area contributed by atoms with E-state index in [1.54, 1.807) is 0 Å². The molecule has 0 radical (unpaired) electrons. The molecular formula is C16H23NOS. The highest BCUT2D eigenvalue weighted by molar-refractivity contribution is 7.19. The molecule has 1 atom stereocenters. The number of fused-ring (bicyclic) bond motifs is 1. The van der Waals surface area contributed by atoms with Crippen LogP contribution in [0.1, 0.15) is 37.3 Å². The van der Waals surface area contributed by atoms with E-state index in [0.29, 0.717) is 12.1 Å². The Morgan fingerprint density at radius 1 is 1.21 bits per heavy atom. The lowest BCUT2D eigenvalue weighted by Gasteiger charge is -2.14. The summed E-state index contributed by atoms with van der Waals surface area (Å²) < 4.78 is 6.94. The third-order valence-corrected chi connectivity index (χ3v) is 4.73. The van der Waals surface area contributed by atoms with Crippen LogP contribution in [-0.4, -0.2) is 19.3 Å². The van der Waals surface area contributed by atoms with Gasteiger partial charge in [0.05, 0.1) is 12.7 Å². The summed E-state index contributed by atoms with van der Waals surface area (Å²) in [5, 5.41) is 4.93. The zero-order valence-corrected chi connectivity index (χ0v) is 13.0. The van der Waals surface area contributed by atoms with Gasteiger partial charge in [0.2, 0.25) is 0 Å². The minimum atomic E-state index is 0.308. The Bertz CT molecular complexity index is 533. The number of benzene rings is 1. The summed E-state index contributed by atoms with van der Waals surface area (Å²) in [5.74, 6) is 0. The van der Waals surface area contributed by atoms with E-state index in [9.17, 15) is 0 Å². The van der Waals surface area contributed by atoms with Gasteiger partial charge in [0.25, 0.3) is 0 Å². The van der Waals surface area contributed by atoms with Gasteiger partial charge < -0.3 is 10.1 Å². The van der Waals surface area contributed by atoms with E-state index in [4.69, 9.17) is 4.74 Å². The summed E-state index contributed by atoms with van der Waals surface area (Å²) in [6.07, 6.45) is 0.308. The Morgan fingerprint density at radius 2 is 1.95 bits per heavy atom. The molecule has 1 aromatic carbocycles. The number of aryl methyl sites for hydroxylation is 1. The highest BCUT2D eigenvalue weighted by Gasteiger charge is 2.13. The van der Waals surface area contributed by atoms with Crippen molar-refractivity contribution in [1.82, 2.24) is 5.32 Å². The van der Waals surface area contributed by atoms with Gasteiger partial charge in [-0.2, -0.15) is 0 Å². The van der Waals surface area contributed by atoms with Gasteiger partial charge in [0.1, 0.15) is 0 Å². The van der Waals surface area contributed by atoms with Crippen LogP contribution in [-0.2, 0) is 4.74 Å². The molecule has 1 heterocycles. The van der Waals surface area contributed by atoms with Crippen molar-refractivity contribution in [1.29, 1.82) is 0 Å². The Hall–Kier alpha value is -0.900. The lowest BCUT2D eigenvalue weighted by molar-refractivity contribution is 0.0796. The molecule has 2 nitrogen and oxygen atoms in total. The van der Waals surface area contributed by atoms with Crippen molar-refractivity contribution in [3.63, 3.8) is 0 Å². The molecular weight excluding hydrogens is 254 g/mol. The number of hydrogen-bond donors (Lipinski definition) is 1. The molecule has 0 amide bonds. The van der Waals surface area contributed by atoms with Crippen molar-refractivity contribution in [2.24, 2.45) is 0 Å². The van der Waals surface area contributed by atoms with Gasteiger partial charge in [-0.3, -0.25) is 0 Å². The van der Waals surface area contributed by atoms with Crippen LogP contribution < -0.4 is 5.32 Å². The van der Waals surface area contributed by atoms with E-state index in [0.717, 1.165) is 13.2 Å². The van der Waals surface area contributed by atoms with Crippen molar-refractivity contribution >= 4 is 21.4 Å². The number of ether oxygens (including phenoxy) is 1. The van der Waals surface area contributed by atoms with Crippen LogP contribution in [0, 0.1) is 6.92 Å². The van der Waals surface area contributed by atoms with Crippen molar-refractivity contribution in [3.8, 4) is 0 Å². The van der Waals surface area contributed by atoms with Crippen LogP contribution >= 0.6 is 11.3 Å². The Morgan fingerprint density at radius 3 is 2.63 bits per heavy atom. The number of hydrogen-bond acceptors (Lipinski definition) is 3. The first kappa shape index (κ1) is 14.5. The quantitative estimate of drug-likeness (QED) is 0.796. The average molecular weight is 277 g/mol. The largest absolute Gasteiger partial charge is 0.377 e. The monoisotopic (exact) mass is 277 g/mol. The fourth-order valence-corrected chi connectivity index (χ4v) is 3.51. The smallest absolute Gasteiger partial charge is 0.0594 e. The fraction of sp³-hybridized carbons (Fsp3) is 0.500. The molecule has 0 saturated carbocycles. The zero-order chi connectivity index (χ0) is 13.8. The van der Waals surface area contributed by atoms with Gasteiger partial charge in [-0.1, -0.05) is 18.2 Å². The molecule has 0 aliphatic rings. The van der Waals surface area contributed by atoms with Crippen molar-refractivity contribution in [2.75, 3.05) is 13.2 Å². The van der Waals surface area contributed by atoms with E-state index in [1.165, 1.54) is 20.5 Å². The summed E-state index contributed by atoms with van der Waals surface area (Å²) in [6.45, 7) is 10.3. The molecule has 0 aliphatic carbocycles. The SMILES string of the molecule is Cc1c(C(C)NCCOC(C)C)sc2ccccc12. The third kappa shape index (κ3) is 3.56. The van der Waals surface area contributed by atoms with Gasteiger partial charge in [0, 0.05) is 22.2 Å². The Kier molecular flexibility index (Phi) is 4.97. The lowest BCUT2D eigenvalue weighted by atomic mass is 10.1. The van der Waals surface area contributed by atoms with E-state index in [1.807, 2.05) is 11.3 Å². The molecule has 1 N–H and O–H groups in total. The standard InChI is InChI=1S/C16H23NOS/c1-11(2)18-10-9-17-13(4)16-12(3)14-7-5-6-8-15(14)19-16/h5-8,11,13,17H,9-10H2,1-4H3. The maximum Gasteiger partial charge on any atom is 0.0594 e. The van der Waals surface area contributed by atoms with Crippen molar-refractivity contribution in [2.45, 2.75) is 39.8 Å². The second-order valence-corrected chi connectivity index (χ2v) is 6.27. The fourth-order valence-electron chi connectivity index (χ4n) is 2.27. The highest BCUT2D eigenvalue weighted by atomic mass is 32.1. The third-order valence-electron chi connectivity index (χ3n) is 3.28. The van der Waals surface area contributed by atoms with Crippen LogP contribution in [0.15, 0.2) is 24.3 Å². The second-order valence-electron chi connectivity index (χ2n) is 5.18. The molecule has 1 unspecified atom stereocenters. The maximum atomic E-state index is 5.56. The van der Waals surface area contributed by atoms with Gasteiger partial charge in [-0.15, -0.1) is 11.3 Å². The van der Waals surface area contributed by atoms with E-state index < -0.39 is 0 Å². The topological polar surface area (TPSA) is 21.3 Å². The number of nitrogens with one attached hydrogen (secondary N) is 1. The van der Waals surface area contributed by atoms with Gasteiger partial charge in [0.15, 0.2) is 0 Å². The van der Waals surface area contributed by atoms with Crippen LogP contribution in [0.4, 0.5) is 0 Å². The molecule has 2 rings (SSSR count). The number of rotatable bonds is 6. The van der Waals surface area contributed by atoms with Crippen LogP contribution in [0.3, 0.4) is 0 Å². The first-order chi connectivity index (χ1) is 9.09. The average Bonchev–Trinajstić information content (AvgIpc) is 2.72. The maximum absolute atomic E-state index is 5.56. The van der Waals surface area contributed by atoms with Crippen LogP contribution in [0.5, 0.6) is 0 Å². The summed E-state index contributed by atoms with van der Waals surface area (Å²) in [7, 11) is 0. The zero-order valence-electron chi connectivity index (χ0n) is 12.2. The minimum Gasteiger partial charge on any atom is -0.377 e. The predicted octanol–water partition coefficient (Wildman–Crippen LogP) is 4.29. The molecule has 3 heteroatoms. The normalized spacial score (nSPS) is 13.3. The van der Waals surface area contributed by atoms with E-state index >= 15 is 0 Å². The molecule has 0 spiro atoms.